The molecule has 1 aliphatic rings. The molecule has 138 valence electrons. The third-order valence-corrected chi connectivity index (χ3v) is 4.87. The zero-order valence-corrected chi connectivity index (χ0v) is 14.8. The molecule has 2 unspecified atom stereocenters. The highest BCUT2D eigenvalue weighted by Crippen LogP contribution is 2.30. The predicted molar refractivity (Wildman–Crippen MR) is 95.4 cm³/mol. The number of hydrogen-bond acceptors (Lipinski definition) is 6. The van der Waals surface area contributed by atoms with Crippen LogP contribution in [-0.4, -0.2) is 35.0 Å². The molecule has 1 aliphatic heterocycles. The molecular formula is C19H23N3O4. The highest BCUT2D eigenvalue weighted by Gasteiger charge is 2.33. The number of ether oxygens (including phenoxy) is 1. The van der Waals surface area contributed by atoms with Crippen molar-refractivity contribution < 1.29 is 18.8 Å². The summed E-state index contributed by atoms with van der Waals surface area (Å²) >= 11 is 0. The first-order valence-corrected chi connectivity index (χ1v) is 8.83. The second kappa shape index (κ2) is 8.03. The summed E-state index contributed by atoms with van der Waals surface area (Å²) in [5.74, 6) is 0.715. The first kappa shape index (κ1) is 18.0. The maximum absolute atomic E-state index is 12.4. The summed E-state index contributed by atoms with van der Waals surface area (Å²) in [5.41, 5.74) is 6.26. The Morgan fingerprint density at radius 1 is 1.35 bits per heavy atom. The minimum absolute atomic E-state index is 0.151. The van der Waals surface area contributed by atoms with Gasteiger partial charge in [0.25, 0.3) is 5.91 Å². The van der Waals surface area contributed by atoms with Crippen LogP contribution in [-0.2, 0) is 4.79 Å². The Balaban J connectivity index is 1.57. The number of esters is 1. The summed E-state index contributed by atoms with van der Waals surface area (Å²) in [5, 5.41) is 3.59. The van der Waals surface area contributed by atoms with Crippen molar-refractivity contribution in [3.05, 3.63) is 42.3 Å². The Morgan fingerprint density at radius 3 is 2.88 bits per heavy atom. The monoisotopic (exact) mass is 357 g/mol. The topological polar surface area (TPSA) is 98.7 Å². The lowest BCUT2D eigenvalue weighted by atomic mass is 9.81. The molecule has 0 spiro atoms. The first-order chi connectivity index (χ1) is 12.6. The van der Waals surface area contributed by atoms with E-state index in [4.69, 9.17) is 15.0 Å². The number of carbonyl (C=O) groups excluding carboxylic acids is 2. The van der Waals surface area contributed by atoms with Crippen LogP contribution >= 0.6 is 0 Å². The molecular weight excluding hydrogens is 334 g/mol. The predicted octanol–water partition coefficient (Wildman–Crippen LogP) is 2.74. The molecule has 1 saturated heterocycles. The number of likely N-dealkylation sites (tertiary alicyclic amines) is 1. The Kier molecular flexibility index (Phi) is 5.55. The fraction of sp³-hybridized carbons (Fsp3) is 0.421. The lowest BCUT2D eigenvalue weighted by Gasteiger charge is -2.37. The van der Waals surface area contributed by atoms with E-state index in [1.54, 1.807) is 35.2 Å². The van der Waals surface area contributed by atoms with Crippen LogP contribution in [0.2, 0.25) is 0 Å². The number of hydrogen-bond donors (Lipinski definition) is 1. The molecule has 1 aromatic carbocycles. The number of aromatic nitrogens is 1. The van der Waals surface area contributed by atoms with Crippen LogP contribution in [0.4, 0.5) is 5.69 Å². The number of nitrogen functional groups attached to an aromatic ring is 1. The van der Waals surface area contributed by atoms with Crippen LogP contribution in [0.1, 0.15) is 36.7 Å². The molecule has 2 N–H and O–H groups in total. The summed E-state index contributed by atoms with van der Waals surface area (Å²) in [4.78, 5) is 26.5. The molecule has 26 heavy (non-hydrogen) atoms. The molecule has 2 heterocycles. The fourth-order valence-electron chi connectivity index (χ4n) is 3.44. The van der Waals surface area contributed by atoms with Crippen molar-refractivity contribution in [3.63, 3.8) is 0 Å². The van der Waals surface area contributed by atoms with Gasteiger partial charge in [0.2, 0.25) is 5.76 Å². The zero-order valence-electron chi connectivity index (χ0n) is 14.8. The van der Waals surface area contributed by atoms with Gasteiger partial charge >= 0.3 is 5.97 Å². The molecule has 1 aromatic heterocycles. The maximum atomic E-state index is 12.4. The van der Waals surface area contributed by atoms with Crippen molar-refractivity contribution in [2.45, 2.75) is 26.2 Å². The van der Waals surface area contributed by atoms with E-state index < -0.39 is 0 Å². The lowest BCUT2D eigenvalue weighted by molar-refractivity contribution is -0.136. The largest absolute Gasteiger partial charge is 0.426 e. The lowest BCUT2D eigenvalue weighted by Crippen LogP contribution is -2.44. The SMILES string of the molecule is CCC1CN(C(=O)c2ccno2)CCC1CC(=O)Oc1cccc(N)c1. The van der Waals surface area contributed by atoms with Gasteiger partial charge in [-0.1, -0.05) is 24.6 Å². The molecule has 0 saturated carbocycles. The summed E-state index contributed by atoms with van der Waals surface area (Å²) in [6, 6.07) is 8.41. The molecule has 1 fully saturated rings. The van der Waals surface area contributed by atoms with Gasteiger partial charge in [-0.15, -0.1) is 0 Å². The third-order valence-electron chi connectivity index (χ3n) is 4.87. The van der Waals surface area contributed by atoms with Crippen molar-refractivity contribution >= 4 is 17.6 Å². The van der Waals surface area contributed by atoms with Crippen LogP contribution in [0.3, 0.4) is 0 Å². The van der Waals surface area contributed by atoms with Gasteiger partial charge in [-0.2, -0.15) is 0 Å². The van der Waals surface area contributed by atoms with Crippen molar-refractivity contribution in [3.8, 4) is 5.75 Å². The Bertz CT molecular complexity index is 760. The van der Waals surface area contributed by atoms with Gasteiger partial charge in [-0.25, -0.2) is 0 Å². The van der Waals surface area contributed by atoms with E-state index in [0.717, 1.165) is 12.8 Å². The van der Waals surface area contributed by atoms with Gasteiger partial charge in [0.1, 0.15) is 5.75 Å². The highest BCUT2D eigenvalue weighted by molar-refractivity contribution is 5.91. The molecule has 7 heteroatoms. The van der Waals surface area contributed by atoms with Crippen LogP contribution in [0.5, 0.6) is 5.75 Å². The van der Waals surface area contributed by atoms with E-state index in [1.165, 1.54) is 6.20 Å². The number of amides is 1. The Hall–Kier alpha value is -2.83. The molecule has 1 amide bonds. The normalized spacial score (nSPS) is 20.0. The number of piperidine rings is 1. The number of anilines is 1. The maximum Gasteiger partial charge on any atom is 0.311 e. The Labute approximate surface area is 152 Å². The minimum atomic E-state index is -0.269. The molecule has 0 bridgehead atoms. The molecule has 7 nitrogen and oxygen atoms in total. The first-order valence-electron chi connectivity index (χ1n) is 8.83. The number of nitrogens with two attached hydrogens (primary N) is 1. The number of nitrogens with zero attached hydrogens (tertiary/aromatic N) is 2. The number of carbonyl (C=O) groups is 2. The van der Waals surface area contributed by atoms with Gasteiger partial charge in [0.05, 0.1) is 6.20 Å². The fourth-order valence-corrected chi connectivity index (χ4v) is 3.44. The average molecular weight is 357 g/mol. The summed E-state index contributed by atoms with van der Waals surface area (Å²) in [6.07, 6.45) is 3.43. The Morgan fingerprint density at radius 2 is 2.19 bits per heavy atom. The summed E-state index contributed by atoms with van der Waals surface area (Å²) in [7, 11) is 0. The smallest absolute Gasteiger partial charge is 0.311 e. The number of benzene rings is 1. The van der Waals surface area contributed by atoms with Gasteiger partial charge in [0, 0.05) is 37.3 Å². The van der Waals surface area contributed by atoms with Crippen LogP contribution in [0.15, 0.2) is 41.1 Å². The van der Waals surface area contributed by atoms with Gasteiger partial charge in [0.15, 0.2) is 0 Å². The highest BCUT2D eigenvalue weighted by atomic mass is 16.5. The van der Waals surface area contributed by atoms with Crippen molar-refractivity contribution in [1.82, 2.24) is 10.1 Å². The van der Waals surface area contributed by atoms with E-state index >= 15 is 0 Å². The summed E-state index contributed by atoms with van der Waals surface area (Å²) < 4.78 is 10.4. The van der Waals surface area contributed by atoms with Crippen LogP contribution in [0, 0.1) is 11.8 Å². The second-order valence-corrected chi connectivity index (χ2v) is 6.60. The quantitative estimate of drug-likeness (QED) is 0.502. The molecule has 2 atom stereocenters. The van der Waals surface area contributed by atoms with E-state index in [0.29, 0.717) is 30.9 Å². The van der Waals surface area contributed by atoms with E-state index in [9.17, 15) is 9.59 Å². The van der Waals surface area contributed by atoms with Crippen molar-refractivity contribution in [2.75, 3.05) is 18.8 Å². The number of rotatable bonds is 5. The van der Waals surface area contributed by atoms with Crippen LogP contribution < -0.4 is 10.5 Å². The molecule has 2 aromatic rings. The zero-order chi connectivity index (χ0) is 18.5. The van der Waals surface area contributed by atoms with E-state index in [1.807, 2.05) is 0 Å². The van der Waals surface area contributed by atoms with Crippen LogP contribution in [0.25, 0.3) is 0 Å². The summed E-state index contributed by atoms with van der Waals surface area (Å²) in [6.45, 7) is 3.27. The van der Waals surface area contributed by atoms with E-state index in [2.05, 4.69) is 12.1 Å². The molecule has 3 rings (SSSR count). The molecule has 0 radical (unpaired) electrons. The van der Waals surface area contributed by atoms with Gasteiger partial charge in [-0.3, -0.25) is 9.59 Å². The average Bonchev–Trinajstić information content (AvgIpc) is 3.16. The van der Waals surface area contributed by atoms with Gasteiger partial charge in [-0.05, 0) is 30.4 Å². The second-order valence-electron chi connectivity index (χ2n) is 6.60. The third kappa shape index (κ3) is 4.22. The minimum Gasteiger partial charge on any atom is -0.426 e. The standard InChI is InChI=1S/C19H23N3O4/c1-2-13-12-22(19(24)17-6-8-21-26-17)9-7-14(13)10-18(23)25-16-5-3-4-15(20)11-16/h3-6,8,11,13-14H,2,7,9-10,12,20H2,1H3. The van der Waals surface area contributed by atoms with Crippen molar-refractivity contribution in [1.29, 1.82) is 0 Å². The van der Waals surface area contributed by atoms with Crippen molar-refractivity contribution in [2.24, 2.45) is 11.8 Å². The van der Waals surface area contributed by atoms with E-state index in [-0.39, 0.29) is 29.5 Å². The van der Waals surface area contributed by atoms with Gasteiger partial charge < -0.3 is 19.9 Å². The molecule has 0 aliphatic carbocycles.